The second-order valence-electron chi connectivity index (χ2n) is 14.0. The molecule has 0 aliphatic rings. The average Bonchev–Trinajstić information content (AvgIpc) is 3.91. The van der Waals surface area contributed by atoms with Crippen molar-refractivity contribution in [3.63, 3.8) is 0 Å². The van der Waals surface area contributed by atoms with E-state index in [1.165, 1.54) is 38.2 Å². The number of nitrogens with zero attached hydrogens (tertiary/aromatic N) is 4. The summed E-state index contributed by atoms with van der Waals surface area (Å²) in [5.41, 5.74) is 14.3. The molecule has 54 heavy (non-hydrogen) atoms. The Morgan fingerprint density at radius 3 is 2.09 bits per heavy atom. The number of pyridine rings is 1. The molecule has 254 valence electrons. The lowest BCUT2D eigenvalue weighted by molar-refractivity contribution is 1.08. The van der Waals surface area contributed by atoms with Gasteiger partial charge in [0.25, 0.3) is 0 Å². The molecule has 5 nitrogen and oxygen atoms in total. The first kappa shape index (κ1) is 30.4. The van der Waals surface area contributed by atoms with Crippen molar-refractivity contribution in [2.45, 2.75) is 6.92 Å². The molecular weight excluding hydrogens is 659 g/mol. The first-order chi connectivity index (χ1) is 26.7. The van der Waals surface area contributed by atoms with Gasteiger partial charge < -0.3 is 4.98 Å². The summed E-state index contributed by atoms with van der Waals surface area (Å²) in [4.78, 5) is 14.2. The number of nitrogens with one attached hydrogen (secondary N) is 1. The zero-order valence-corrected chi connectivity index (χ0v) is 29.5. The minimum Gasteiger partial charge on any atom is -0.354 e. The number of benzene rings is 7. The Morgan fingerprint density at radius 2 is 1.24 bits per heavy atom. The highest BCUT2D eigenvalue weighted by Gasteiger charge is 2.23. The number of H-pyrrole nitrogens is 1. The van der Waals surface area contributed by atoms with Crippen LogP contribution in [0.4, 0.5) is 0 Å². The molecule has 1 N–H and O–H groups in total. The van der Waals surface area contributed by atoms with Gasteiger partial charge >= 0.3 is 0 Å². The molecule has 4 heterocycles. The molecular formula is C49H33N5. The fourth-order valence-corrected chi connectivity index (χ4v) is 8.39. The smallest absolute Gasteiger partial charge is 0.147 e. The molecule has 11 rings (SSSR count). The van der Waals surface area contributed by atoms with Crippen LogP contribution in [0.5, 0.6) is 0 Å². The number of aryl methyl sites for hydroxylation is 1. The van der Waals surface area contributed by atoms with Gasteiger partial charge in [0.1, 0.15) is 11.6 Å². The van der Waals surface area contributed by atoms with Gasteiger partial charge in [-0.3, -0.25) is 9.13 Å². The number of hydrogen-bond donors (Lipinski definition) is 1. The van der Waals surface area contributed by atoms with E-state index in [4.69, 9.17) is 9.97 Å². The molecule has 7 aromatic carbocycles. The Hall–Kier alpha value is -7.24. The van der Waals surface area contributed by atoms with E-state index in [9.17, 15) is 0 Å². The Kier molecular flexibility index (Phi) is 6.70. The predicted octanol–water partition coefficient (Wildman–Crippen LogP) is 12.5. The first-order valence-corrected chi connectivity index (χ1v) is 18.3. The van der Waals surface area contributed by atoms with Gasteiger partial charge in [0, 0.05) is 50.1 Å². The molecule has 0 atom stereocenters. The molecule has 0 saturated heterocycles. The Balaban J connectivity index is 1.20. The lowest BCUT2D eigenvalue weighted by Crippen LogP contribution is -1.98. The third-order valence-electron chi connectivity index (χ3n) is 10.8. The second kappa shape index (κ2) is 11.9. The zero-order chi connectivity index (χ0) is 35.8. The summed E-state index contributed by atoms with van der Waals surface area (Å²) in [5, 5.41) is 4.80. The van der Waals surface area contributed by atoms with E-state index in [-0.39, 0.29) is 0 Å². The van der Waals surface area contributed by atoms with Gasteiger partial charge in [0.15, 0.2) is 0 Å². The van der Waals surface area contributed by atoms with E-state index in [0.717, 1.165) is 67.1 Å². The fourth-order valence-electron chi connectivity index (χ4n) is 8.39. The fraction of sp³-hybridized carbons (Fsp3) is 0.0204. The summed E-state index contributed by atoms with van der Waals surface area (Å²) in [7, 11) is 0. The topological polar surface area (TPSA) is 51.4 Å². The molecule has 11 aromatic rings. The van der Waals surface area contributed by atoms with Crippen molar-refractivity contribution in [2.24, 2.45) is 0 Å². The summed E-state index contributed by atoms with van der Waals surface area (Å²) in [5.74, 6) is 1.78. The Labute approximate surface area is 311 Å². The quantitative estimate of drug-likeness (QED) is 0.195. The Morgan fingerprint density at radius 1 is 0.500 bits per heavy atom. The van der Waals surface area contributed by atoms with Gasteiger partial charge in [-0.1, -0.05) is 115 Å². The van der Waals surface area contributed by atoms with Crippen LogP contribution in [0.15, 0.2) is 176 Å². The van der Waals surface area contributed by atoms with Crippen LogP contribution >= 0.6 is 0 Å². The number of rotatable bonds is 5. The highest BCUT2D eigenvalue weighted by atomic mass is 15.1. The highest BCUT2D eigenvalue weighted by molar-refractivity contribution is 6.18. The van der Waals surface area contributed by atoms with Crippen LogP contribution in [0.3, 0.4) is 0 Å². The van der Waals surface area contributed by atoms with Gasteiger partial charge in [-0.05, 0) is 83.8 Å². The molecule has 0 aliphatic carbocycles. The van der Waals surface area contributed by atoms with Crippen molar-refractivity contribution in [2.75, 3.05) is 0 Å². The second-order valence-corrected chi connectivity index (χ2v) is 14.0. The van der Waals surface area contributed by atoms with Crippen molar-refractivity contribution in [1.29, 1.82) is 0 Å². The average molecular weight is 692 g/mol. The highest BCUT2D eigenvalue weighted by Crippen LogP contribution is 2.43. The van der Waals surface area contributed by atoms with E-state index in [1.807, 2.05) is 18.3 Å². The van der Waals surface area contributed by atoms with Crippen LogP contribution in [-0.2, 0) is 0 Å². The van der Waals surface area contributed by atoms with Crippen molar-refractivity contribution >= 4 is 54.6 Å². The summed E-state index contributed by atoms with van der Waals surface area (Å²) < 4.78 is 4.58. The predicted molar refractivity (Wildman–Crippen MR) is 224 cm³/mol. The van der Waals surface area contributed by atoms with Crippen LogP contribution in [0.25, 0.3) is 99.8 Å². The van der Waals surface area contributed by atoms with E-state index in [2.05, 4.69) is 179 Å². The number of para-hydroxylation sites is 3. The van der Waals surface area contributed by atoms with Crippen LogP contribution < -0.4 is 0 Å². The van der Waals surface area contributed by atoms with Gasteiger partial charge in [-0.25, -0.2) is 9.97 Å². The molecule has 0 radical (unpaired) electrons. The normalized spacial score (nSPS) is 11.8. The SMILES string of the molecule is Cc1ccc2c(c1)[nH]c1c(-c3nc4c(-c5ccc6c7ccccc7n(-c7ccccn7)c6c5)cccc4n3-c3ccccc3)ccc(-c3ccccc3)c12. The molecule has 0 fully saturated rings. The number of imidazole rings is 1. The molecule has 4 aromatic heterocycles. The minimum atomic E-state index is 0.889. The van der Waals surface area contributed by atoms with E-state index in [1.54, 1.807) is 0 Å². The van der Waals surface area contributed by atoms with Crippen LogP contribution in [-0.4, -0.2) is 24.1 Å². The summed E-state index contributed by atoms with van der Waals surface area (Å²) in [6.07, 6.45) is 1.86. The first-order valence-electron chi connectivity index (χ1n) is 18.3. The van der Waals surface area contributed by atoms with Crippen LogP contribution in [0, 0.1) is 6.92 Å². The largest absolute Gasteiger partial charge is 0.354 e. The van der Waals surface area contributed by atoms with Crippen molar-refractivity contribution in [1.82, 2.24) is 24.1 Å². The molecule has 0 unspecified atom stereocenters. The number of hydrogen-bond acceptors (Lipinski definition) is 2. The van der Waals surface area contributed by atoms with Crippen molar-refractivity contribution in [3.8, 4) is 45.1 Å². The third-order valence-corrected chi connectivity index (χ3v) is 10.8. The maximum Gasteiger partial charge on any atom is 0.147 e. The number of fused-ring (bicyclic) bond motifs is 7. The van der Waals surface area contributed by atoms with Crippen LogP contribution in [0.2, 0.25) is 0 Å². The minimum absolute atomic E-state index is 0.889. The van der Waals surface area contributed by atoms with E-state index >= 15 is 0 Å². The maximum atomic E-state index is 5.60. The molecule has 0 amide bonds. The van der Waals surface area contributed by atoms with Gasteiger partial charge in [-0.2, -0.15) is 0 Å². The standard InChI is InChI=1S/C49H33N5/c1-31-22-24-39-41(29-31)51-48-40(27-26-35(46(39)48)32-13-4-2-5-14-32)49-52-47-36(18-12-20-43(47)53(49)34-15-6-3-7-16-34)33-23-25-38-37-17-8-9-19-42(37)54(44(38)30-33)45-21-10-11-28-50-45/h2-30,51H,1H3. The number of aromatic amines is 1. The van der Waals surface area contributed by atoms with Crippen molar-refractivity contribution < 1.29 is 0 Å². The Bertz CT molecular complexity index is 3210. The van der Waals surface area contributed by atoms with Gasteiger partial charge in [0.05, 0.1) is 27.6 Å². The van der Waals surface area contributed by atoms with Gasteiger partial charge in [0.2, 0.25) is 0 Å². The molecule has 5 heteroatoms. The maximum absolute atomic E-state index is 5.60. The summed E-state index contributed by atoms with van der Waals surface area (Å²) in [6, 6.07) is 60.4. The van der Waals surface area contributed by atoms with Crippen LogP contribution in [0.1, 0.15) is 5.56 Å². The zero-order valence-electron chi connectivity index (χ0n) is 29.5. The number of aromatic nitrogens is 5. The molecule has 0 aliphatic heterocycles. The monoisotopic (exact) mass is 691 g/mol. The van der Waals surface area contributed by atoms with E-state index < -0.39 is 0 Å². The summed E-state index contributed by atoms with van der Waals surface area (Å²) in [6.45, 7) is 2.15. The summed E-state index contributed by atoms with van der Waals surface area (Å²) >= 11 is 0. The molecule has 0 bridgehead atoms. The van der Waals surface area contributed by atoms with Crippen molar-refractivity contribution in [3.05, 3.63) is 182 Å². The molecule has 0 spiro atoms. The lowest BCUT2D eigenvalue weighted by atomic mass is 9.96. The lowest BCUT2D eigenvalue weighted by Gasteiger charge is -2.12. The van der Waals surface area contributed by atoms with Gasteiger partial charge in [-0.15, -0.1) is 0 Å². The van der Waals surface area contributed by atoms with E-state index in [0.29, 0.717) is 0 Å². The molecule has 0 saturated carbocycles. The third kappa shape index (κ3) is 4.58.